The van der Waals surface area contributed by atoms with Crippen molar-refractivity contribution in [2.45, 2.75) is 20.8 Å². The minimum Gasteiger partial charge on any atom is -0.511 e. The van der Waals surface area contributed by atoms with Crippen LogP contribution < -0.4 is 5.32 Å². The van der Waals surface area contributed by atoms with Crippen molar-refractivity contribution in [3.8, 4) is 0 Å². The predicted molar refractivity (Wildman–Crippen MR) is 83.3 cm³/mol. The SMILES string of the molecule is CC(=O)/C(SCC(=O)Nc1cccc(Cl)c1C)=C(/C)O. The quantitative estimate of drug-likeness (QED) is 0.642. The van der Waals surface area contributed by atoms with Gasteiger partial charge in [-0.05, 0) is 38.5 Å². The van der Waals surface area contributed by atoms with Crippen molar-refractivity contribution < 1.29 is 14.7 Å². The fraction of sp³-hybridized carbons (Fsp3) is 0.286. The van der Waals surface area contributed by atoms with Crippen molar-refractivity contribution in [1.29, 1.82) is 0 Å². The first-order valence-corrected chi connectivity index (χ1v) is 7.27. The zero-order valence-corrected chi connectivity index (χ0v) is 13.1. The van der Waals surface area contributed by atoms with E-state index < -0.39 is 0 Å². The maximum Gasteiger partial charge on any atom is 0.234 e. The molecule has 0 aliphatic rings. The molecule has 0 unspecified atom stereocenters. The lowest BCUT2D eigenvalue weighted by molar-refractivity contribution is -0.114. The second-order valence-corrected chi connectivity index (χ2v) is 5.61. The van der Waals surface area contributed by atoms with Gasteiger partial charge in [-0.2, -0.15) is 0 Å². The van der Waals surface area contributed by atoms with Crippen LogP contribution in [0.1, 0.15) is 19.4 Å². The largest absolute Gasteiger partial charge is 0.511 e. The number of allylic oxidation sites excluding steroid dienone is 2. The summed E-state index contributed by atoms with van der Waals surface area (Å²) >= 11 is 6.98. The smallest absolute Gasteiger partial charge is 0.234 e. The number of halogens is 1. The second kappa shape index (κ2) is 7.36. The standard InChI is InChI=1S/C14H16ClNO3S/c1-8-11(15)5-4-6-12(8)16-13(19)7-20-14(9(2)17)10(3)18/h4-6,17H,7H2,1-3H3,(H,16,19)/b14-9+. The number of anilines is 1. The van der Waals surface area contributed by atoms with Gasteiger partial charge >= 0.3 is 0 Å². The van der Waals surface area contributed by atoms with E-state index in [1.54, 1.807) is 18.2 Å². The van der Waals surface area contributed by atoms with Gasteiger partial charge in [-0.3, -0.25) is 9.59 Å². The summed E-state index contributed by atoms with van der Waals surface area (Å²) in [6.45, 7) is 4.58. The highest BCUT2D eigenvalue weighted by Crippen LogP contribution is 2.24. The molecule has 0 spiro atoms. The second-order valence-electron chi connectivity index (χ2n) is 4.22. The average molecular weight is 314 g/mol. The van der Waals surface area contributed by atoms with Crippen LogP contribution in [0, 0.1) is 6.92 Å². The van der Waals surface area contributed by atoms with Crippen LogP contribution in [0.2, 0.25) is 5.02 Å². The van der Waals surface area contributed by atoms with Crippen LogP contribution in [-0.4, -0.2) is 22.5 Å². The van der Waals surface area contributed by atoms with E-state index in [4.69, 9.17) is 11.6 Å². The van der Waals surface area contributed by atoms with Gasteiger partial charge in [-0.1, -0.05) is 17.7 Å². The molecule has 0 fully saturated rings. The maximum absolute atomic E-state index is 11.8. The van der Waals surface area contributed by atoms with Gasteiger partial charge in [0.1, 0.15) is 5.76 Å². The van der Waals surface area contributed by atoms with E-state index in [9.17, 15) is 14.7 Å². The lowest BCUT2D eigenvalue weighted by Crippen LogP contribution is -2.15. The van der Waals surface area contributed by atoms with Crippen LogP contribution in [0.25, 0.3) is 0 Å². The normalized spacial score (nSPS) is 11.8. The number of amides is 1. The Labute approximate surface area is 127 Å². The van der Waals surface area contributed by atoms with E-state index in [2.05, 4.69) is 5.32 Å². The summed E-state index contributed by atoms with van der Waals surface area (Å²) in [6, 6.07) is 5.24. The van der Waals surface area contributed by atoms with Crippen molar-refractivity contribution in [2.24, 2.45) is 0 Å². The van der Waals surface area contributed by atoms with Gasteiger partial charge in [0.25, 0.3) is 0 Å². The molecule has 1 aromatic rings. The fourth-order valence-corrected chi connectivity index (χ4v) is 2.46. The highest BCUT2D eigenvalue weighted by molar-refractivity contribution is 8.04. The molecule has 0 saturated carbocycles. The van der Waals surface area contributed by atoms with E-state index in [1.165, 1.54) is 13.8 Å². The molecule has 4 nitrogen and oxygen atoms in total. The van der Waals surface area contributed by atoms with Gasteiger partial charge in [0, 0.05) is 10.7 Å². The number of nitrogens with one attached hydrogen (secondary N) is 1. The van der Waals surface area contributed by atoms with E-state index in [1.807, 2.05) is 6.92 Å². The molecule has 1 rings (SSSR count). The van der Waals surface area contributed by atoms with Crippen LogP contribution in [-0.2, 0) is 9.59 Å². The summed E-state index contributed by atoms with van der Waals surface area (Å²) < 4.78 is 0. The van der Waals surface area contributed by atoms with Gasteiger partial charge in [-0.15, -0.1) is 11.8 Å². The first-order chi connectivity index (χ1) is 9.32. The Kier molecular flexibility index (Phi) is 6.10. The number of aliphatic hydroxyl groups excluding tert-OH is 1. The third-order valence-corrected chi connectivity index (χ3v) is 4.23. The summed E-state index contributed by atoms with van der Waals surface area (Å²) in [4.78, 5) is 23.3. The van der Waals surface area contributed by atoms with Crippen LogP contribution in [0.5, 0.6) is 0 Å². The number of rotatable bonds is 5. The number of carbonyl (C=O) groups is 2. The molecule has 20 heavy (non-hydrogen) atoms. The highest BCUT2D eigenvalue weighted by atomic mass is 35.5. The molecule has 0 aliphatic heterocycles. The van der Waals surface area contributed by atoms with Gasteiger partial charge in [0.15, 0.2) is 5.78 Å². The first kappa shape index (κ1) is 16.6. The number of thioether (sulfide) groups is 1. The van der Waals surface area contributed by atoms with Crippen molar-refractivity contribution >= 4 is 40.7 Å². The number of ketones is 1. The van der Waals surface area contributed by atoms with Crippen molar-refractivity contribution in [1.82, 2.24) is 0 Å². The van der Waals surface area contributed by atoms with Crippen LogP contribution in [0.15, 0.2) is 28.9 Å². The van der Waals surface area contributed by atoms with Crippen molar-refractivity contribution in [3.63, 3.8) is 0 Å². The van der Waals surface area contributed by atoms with Gasteiger partial charge < -0.3 is 10.4 Å². The monoisotopic (exact) mass is 313 g/mol. The molecule has 0 aromatic heterocycles. The Balaban J connectivity index is 2.67. The van der Waals surface area contributed by atoms with Gasteiger partial charge in [0.05, 0.1) is 10.7 Å². The zero-order valence-electron chi connectivity index (χ0n) is 11.5. The Morgan fingerprint density at radius 2 is 2.00 bits per heavy atom. The summed E-state index contributed by atoms with van der Waals surface area (Å²) in [6.07, 6.45) is 0. The molecule has 0 radical (unpaired) electrons. The number of carbonyl (C=O) groups excluding carboxylic acids is 2. The molecular weight excluding hydrogens is 298 g/mol. The zero-order chi connectivity index (χ0) is 15.3. The molecule has 0 saturated heterocycles. The molecule has 0 aliphatic carbocycles. The Hall–Kier alpha value is -1.46. The molecule has 2 N–H and O–H groups in total. The number of benzene rings is 1. The average Bonchev–Trinajstić information content (AvgIpc) is 2.34. The Bertz CT molecular complexity index is 566. The minimum atomic E-state index is -0.264. The Morgan fingerprint density at radius 3 is 2.55 bits per heavy atom. The van der Waals surface area contributed by atoms with Crippen molar-refractivity contribution in [3.05, 3.63) is 39.4 Å². The molecule has 0 bridgehead atoms. The third kappa shape index (κ3) is 4.58. The highest BCUT2D eigenvalue weighted by Gasteiger charge is 2.13. The molecule has 0 heterocycles. The minimum absolute atomic E-state index is 0.0404. The topological polar surface area (TPSA) is 66.4 Å². The number of aliphatic hydroxyl groups is 1. The van der Waals surface area contributed by atoms with E-state index >= 15 is 0 Å². The van der Waals surface area contributed by atoms with Crippen LogP contribution in [0.4, 0.5) is 5.69 Å². The lowest BCUT2D eigenvalue weighted by Gasteiger charge is -2.10. The molecule has 108 valence electrons. The Morgan fingerprint density at radius 1 is 1.35 bits per heavy atom. The molecular formula is C14H16ClNO3S. The first-order valence-electron chi connectivity index (χ1n) is 5.91. The molecule has 6 heteroatoms. The number of hydrogen-bond donors (Lipinski definition) is 2. The lowest BCUT2D eigenvalue weighted by atomic mass is 10.2. The summed E-state index contributed by atoms with van der Waals surface area (Å²) in [5.41, 5.74) is 1.42. The molecule has 0 atom stereocenters. The predicted octanol–water partition coefficient (Wildman–Crippen LogP) is 3.70. The number of hydrogen-bond acceptors (Lipinski definition) is 4. The summed E-state index contributed by atoms with van der Waals surface area (Å²) in [5.74, 6) is -0.560. The molecule has 1 amide bonds. The van der Waals surface area contributed by atoms with Gasteiger partial charge in [0.2, 0.25) is 5.91 Å². The van der Waals surface area contributed by atoms with E-state index in [0.29, 0.717) is 10.7 Å². The van der Waals surface area contributed by atoms with E-state index in [-0.39, 0.29) is 28.1 Å². The van der Waals surface area contributed by atoms with Gasteiger partial charge in [-0.25, -0.2) is 0 Å². The fourth-order valence-electron chi connectivity index (χ4n) is 1.53. The summed E-state index contributed by atoms with van der Waals surface area (Å²) in [5, 5.41) is 12.7. The summed E-state index contributed by atoms with van der Waals surface area (Å²) in [7, 11) is 0. The maximum atomic E-state index is 11.8. The van der Waals surface area contributed by atoms with Crippen LogP contribution in [0.3, 0.4) is 0 Å². The third-order valence-electron chi connectivity index (χ3n) is 2.54. The number of Topliss-reactive ketones (excluding diaryl/α,β-unsaturated/α-hetero) is 1. The van der Waals surface area contributed by atoms with Crippen molar-refractivity contribution in [2.75, 3.05) is 11.1 Å². The van der Waals surface area contributed by atoms with Crippen LogP contribution >= 0.6 is 23.4 Å². The van der Waals surface area contributed by atoms with E-state index in [0.717, 1.165) is 17.3 Å². The molecule has 1 aromatic carbocycles.